The predicted molar refractivity (Wildman–Crippen MR) is 104 cm³/mol. The van der Waals surface area contributed by atoms with Crippen LogP contribution in [0.1, 0.15) is 18.1 Å². The highest BCUT2D eigenvalue weighted by Gasteiger charge is 2.01. The largest absolute Gasteiger partial charge is 0.493 e. The molecule has 3 N–H and O–H groups in total. The normalized spacial score (nSPS) is 10.4. The minimum Gasteiger partial charge on any atom is -0.493 e. The first-order valence-corrected chi connectivity index (χ1v) is 8.47. The summed E-state index contributed by atoms with van der Waals surface area (Å²) in [6, 6.07) is 13.5. The Hall–Kier alpha value is -2.93. The van der Waals surface area contributed by atoms with E-state index in [4.69, 9.17) is 17.0 Å². The van der Waals surface area contributed by atoms with Gasteiger partial charge >= 0.3 is 0 Å². The molecule has 0 bridgehead atoms. The Kier molecular flexibility index (Phi) is 7.57. The lowest BCUT2D eigenvalue weighted by molar-refractivity contribution is -0.116. The molecule has 5 nitrogen and oxygen atoms in total. The maximum Gasteiger partial charge on any atom is 0.262 e. The number of ether oxygens (including phenoxy) is 1. The summed E-state index contributed by atoms with van der Waals surface area (Å²) < 4.78 is 18.3. The number of amides is 1. The molecule has 0 heterocycles. The fourth-order valence-corrected chi connectivity index (χ4v) is 2.18. The van der Waals surface area contributed by atoms with Gasteiger partial charge in [0.15, 0.2) is 5.11 Å². The Morgan fingerprint density at radius 1 is 1.15 bits per heavy atom. The van der Waals surface area contributed by atoms with E-state index in [1.54, 1.807) is 18.2 Å². The van der Waals surface area contributed by atoms with Crippen LogP contribution in [0.5, 0.6) is 5.75 Å². The van der Waals surface area contributed by atoms with Gasteiger partial charge < -0.3 is 10.1 Å². The summed E-state index contributed by atoms with van der Waals surface area (Å²) in [6.07, 6.45) is 3.05. The first kappa shape index (κ1) is 19.4. The molecule has 0 saturated heterocycles. The summed E-state index contributed by atoms with van der Waals surface area (Å²) >= 11 is 5.08. The van der Waals surface area contributed by atoms with E-state index in [9.17, 15) is 9.18 Å². The number of para-hydroxylation sites is 1. The fourth-order valence-electron chi connectivity index (χ4n) is 2.06. The second-order valence-electron chi connectivity index (χ2n) is 5.23. The average Bonchev–Trinajstić information content (AvgIpc) is 2.65. The number of hydrogen-bond donors (Lipinski definition) is 3. The Balaban J connectivity index is 1.77. The third kappa shape index (κ3) is 6.52. The summed E-state index contributed by atoms with van der Waals surface area (Å²) in [6.45, 7) is 2.86. The number of halogens is 1. The highest BCUT2D eigenvalue weighted by molar-refractivity contribution is 7.80. The molecule has 2 aromatic carbocycles. The molecule has 0 fully saturated rings. The molecule has 0 radical (unpaired) electrons. The van der Waals surface area contributed by atoms with Gasteiger partial charge in [0.05, 0.1) is 6.61 Å². The van der Waals surface area contributed by atoms with Gasteiger partial charge in [-0.3, -0.25) is 15.6 Å². The summed E-state index contributed by atoms with van der Waals surface area (Å²) in [5.41, 5.74) is 6.75. The Morgan fingerprint density at radius 3 is 2.62 bits per heavy atom. The van der Waals surface area contributed by atoms with Crippen LogP contribution < -0.4 is 20.9 Å². The lowest BCUT2D eigenvalue weighted by Crippen LogP contribution is -2.45. The van der Waals surface area contributed by atoms with Crippen LogP contribution in [-0.4, -0.2) is 17.6 Å². The molecule has 136 valence electrons. The molecule has 2 aromatic rings. The molecule has 0 saturated carbocycles. The molecular weight excluding hydrogens is 353 g/mol. The topological polar surface area (TPSA) is 62.4 Å². The molecule has 1 amide bonds. The molecule has 0 aliphatic heterocycles. The van der Waals surface area contributed by atoms with Crippen LogP contribution in [0.4, 0.5) is 4.39 Å². The van der Waals surface area contributed by atoms with Gasteiger partial charge in [-0.2, -0.15) is 0 Å². The molecule has 0 atom stereocenters. The summed E-state index contributed by atoms with van der Waals surface area (Å²) in [5, 5.41) is 3.17. The van der Waals surface area contributed by atoms with Crippen molar-refractivity contribution < 1.29 is 13.9 Å². The van der Waals surface area contributed by atoms with Crippen molar-refractivity contribution in [3.8, 4) is 5.75 Å². The Morgan fingerprint density at radius 2 is 1.88 bits per heavy atom. The first-order chi connectivity index (χ1) is 12.6. The van der Waals surface area contributed by atoms with Crippen molar-refractivity contribution in [2.45, 2.75) is 13.5 Å². The van der Waals surface area contributed by atoms with Gasteiger partial charge in [-0.1, -0.05) is 30.3 Å². The summed E-state index contributed by atoms with van der Waals surface area (Å²) in [4.78, 5) is 11.9. The second-order valence-corrected chi connectivity index (χ2v) is 5.64. The second kappa shape index (κ2) is 10.1. The number of carbonyl (C=O) groups excluding carboxylic acids is 1. The number of hydrazine groups is 1. The van der Waals surface area contributed by atoms with Gasteiger partial charge in [0.25, 0.3) is 5.91 Å². The maximum absolute atomic E-state index is 12.8. The van der Waals surface area contributed by atoms with Gasteiger partial charge in [-0.25, -0.2) is 4.39 Å². The lowest BCUT2D eigenvalue weighted by Gasteiger charge is -2.10. The van der Waals surface area contributed by atoms with Crippen LogP contribution in [0.15, 0.2) is 54.6 Å². The van der Waals surface area contributed by atoms with E-state index in [-0.39, 0.29) is 16.8 Å². The van der Waals surface area contributed by atoms with E-state index in [1.165, 1.54) is 18.2 Å². The smallest absolute Gasteiger partial charge is 0.262 e. The third-order valence-electron chi connectivity index (χ3n) is 3.30. The average molecular weight is 373 g/mol. The minimum absolute atomic E-state index is 0.255. The first-order valence-electron chi connectivity index (χ1n) is 8.06. The minimum atomic E-state index is -0.359. The van der Waals surface area contributed by atoms with E-state index < -0.39 is 0 Å². The monoisotopic (exact) mass is 373 g/mol. The van der Waals surface area contributed by atoms with Crippen LogP contribution in [-0.2, 0) is 11.3 Å². The standard InChI is InChI=1S/C19H20FN3O2S/c1-2-25-17-6-4-3-5-15(17)9-12-18(24)22-23-19(26)21-13-14-7-10-16(20)11-8-14/h3-12H,2,13H2,1H3,(H,22,24)(H2,21,23,26)/b12-9+. The molecule has 0 unspecified atom stereocenters. The fraction of sp³-hybridized carbons (Fsp3) is 0.158. The molecule has 0 spiro atoms. The van der Waals surface area contributed by atoms with Gasteiger partial charge in [0, 0.05) is 18.2 Å². The molecule has 0 aromatic heterocycles. The van der Waals surface area contributed by atoms with Gasteiger partial charge in [-0.05, 0) is 49.0 Å². The molecule has 0 aliphatic carbocycles. The molecule has 26 heavy (non-hydrogen) atoms. The maximum atomic E-state index is 12.8. The SMILES string of the molecule is CCOc1ccccc1/C=C/C(=O)NNC(=S)NCc1ccc(F)cc1. The van der Waals surface area contributed by atoms with Crippen molar-refractivity contribution >= 4 is 29.3 Å². The lowest BCUT2D eigenvalue weighted by atomic mass is 10.2. The van der Waals surface area contributed by atoms with Crippen LogP contribution in [0.25, 0.3) is 6.08 Å². The van der Waals surface area contributed by atoms with Gasteiger partial charge in [0.1, 0.15) is 11.6 Å². The summed E-state index contributed by atoms with van der Waals surface area (Å²) in [7, 11) is 0. The van der Waals surface area contributed by atoms with Crippen molar-refractivity contribution in [2.75, 3.05) is 6.61 Å². The quantitative estimate of drug-likeness (QED) is 0.413. The van der Waals surface area contributed by atoms with Crippen molar-refractivity contribution in [1.29, 1.82) is 0 Å². The molecular formula is C19H20FN3O2S. The third-order valence-corrected chi connectivity index (χ3v) is 3.55. The highest BCUT2D eigenvalue weighted by Crippen LogP contribution is 2.19. The Bertz CT molecular complexity index is 779. The number of benzene rings is 2. The van der Waals surface area contributed by atoms with Crippen molar-refractivity contribution in [1.82, 2.24) is 16.2 Å². The number of hydrogen-bond acceptors (Lipinski definition) is 3. The van der Waals surface area contributed by atoms with Crippen LogP contribution >= 0.6 is 12.2 Å². The van der Waals surface area contributed by atoms with Crippen LogP contribution in [0.2, 0.25) is 0 Å². The number of rotatable bonds is 6. The molecule has 2 rings (SSSR count). The number of carbonyl (C=O) groups is 1. The Labute approximate surface area is 157 Å². The number of nitrogens with one attached hydrogen (secondary N) is 3. The van der Waals surface area contributed by atoms with E-state index in [0.29, 0.717) is 18.9 Å². The van der Waals surface area contributed by atoms with E-state index in [1.807, 2.05) is 31.2 Å². The molecule has 0 aliphatic rings. The zero-order valence-corrected chi connectivity index (χ0v) is 15.1. The van der Waals surface area contributed by atoms with Crippen LogP contribution in [0, 0.1) is 5.82 Å². The zero-order valence-electron chi connectivity index (χ0n) is 14.3. The predicted octanol–water partition coefficient (Wildman–Crippen LogP) is 2.93. The summed E-state index contributed by atoms with van der Waals surface area (Å²) in [5.74, 6) is 0.0603. The highest BCUT2D eigenvalue weighted by atomic mass is 32.1. The van der Waals surface area contributed by atoms with Gasteiger partial charge in [0.2, 0.25) is 0 Å². The molecule has 7 heteroatoms. The van der Waals surface area contributed by atoms with Crippen molar-refractivity contribution in [3.05, 3.63) is 71.6 Å². The van der Waals surface area contributed by atoms with Crippen LogP contribution in [0.3, 0.4) is 0 Å². The van der Waals surface area contributed by atoms with Crippen molar-refractivity contribution in [3.63, 3.8) is 0 Å². The van der Waals surface area contributed by atoms with E-state index in [0.717, 1.165) is 11.1 Å². The van der Waals surface area contributed by atoms with E-state index >= 15 is 0 Å². The van der Waals surface area contributed by atoms with Crippen molar-refractivity contribution in [2.24, 2.45) is 0 Å². The van der Waals surface area contributed by atoms with E-state index in [2.05, 4.69) is 16.2 Å². The number of thiocarbonyl (C=S) groups is 1. The zero-order chi connectivity index (χ0) is 18.8. The van der Waals surface area contributed by atoms with Gasteiger partial charge in [-0.15, -0.1) is 0 Å².